The van der Waals surface area contributed by atoms with Gasteiger partial charge < -0.3 is 9.64 Å². The lowest BCUT2D eigenvalue weighted by Crippen LogP contribution is -2.35. The Bertz CT molecular complexity index is 537. The molecule has 1 saturated heterocycles. The van der Waals surface area contributed by atoms with E-state index in [0.717, 1.165) is 49.4 Å². The Balaban J connectivity index is 1.47. The molecule has 0 spiro atoms. The highest BCUT2D eigenvalue weighted by atomic mass is 32.1. The molecule has 0 saturated carbocycles. The highest BCUT2D eigenvalue weighted by Crippen LogP contribution is 2.24. The van der Waals surface area contributed by atoms with Crippen molar-refractivity contribution in [2.45, 2.75) is 19.8 Å². The Kier molecular flexibility index (Phi) is 4.11. The summed E-state index contributed by atoms with van der Waals surface area (Å²) in [7, 11) is 0. The third kappa shape index (κ3) is 3.25. The predicted molar refractivity (Wildman–Crippen MR) is 79.3 cm³/mol. The summed E-state index contributed by atoms with van der Waals surface area (Å²) in [6, 6.07) is 5.75. The van der Waals surface area contributed by atoms with Gasteiger partial charge in [-0.1, -0.05) is 6.07 Å². The molecular weight excluding hydrogens is 272 g/mol. The predicted octanol–water partition coefficient (Wildman–Crippen LogP) is 2.54. The molecule has 5 nitrogen and oxygen atoms in total. The SMILES string of the molecule is Cc1nsc(N2CCC(COc3ccccn3)CC2)n1. The van der Waals surface area contributed by atoms with Gasteiger partial charge in [0.15, 0.2) is 0 Å². The van der Waals surface area contributed by atoms with Crippen LogP contribution in [0.2, 0.25) is 0 Å². The maximum Gasteiger partial charge on any atom is 0.213 e. The summed E-state index contributed by atoms with van der Waals surface area (Å²) >= 11 is 1.49. The molecule has 0 radical (unpaired) electrons. The molecule has 0 N–H and O–H groups in total. The van der Waals surface area contributed by atoms with Crippen LogP contribution < -0.4 is 9.64 Å². The fraction of sp³-hybridized carbons (Fsp3) is 0.500. The highest BCUT2D eigenvalue weighted by Gasteiger charge is 2.22. The largest absolute Gasteiger partial charge is 0.477 e. The van der Waals surface area contributed by atoms with Gasteiger partial charge in [0, 0.05) is 36.9 Å². The molecule has 20 heavy (non-hydrogen) atoms. The Morgan fingerprint density at radius 2 is 2.20 bits per heavy atom. The van der Waals surface area contributed by atoms with Gasteiger partial charge >= 0.3 is 0 Å². The van der Waals surface area contributed by atoms with E-state index < -0.39 is 0 Å². The summed E-state index contributed by atoms with van der Waals surface area (Å²) in [5.41, 5.74) is 0. The van der Waals surface area contributed by atoms with Gasteiger partial charge in [-0.3, -0.25) is 0 Å². The van der Waals surface area contributed by atoms with Crippen molar-refractivity contribution < 1.29 is 4.74 Å². The number of hydrogen-bond acceptors (Lipinski definition) is 6. The van der Waals surface area contributed by atoms with Gasteiger partial charge in [0.25, 0.3) is 0 Å². The molecular formula is C14H18N4OS. The highest BCUT2D eigenvalue weighted by molar-refractivity contribution is 7.09. The standard InChI is InChI=1S/C14H18N4OS/c1-11-16-14(20-17-11)18-8-5-12(6-9-18)10-19-13-4-2-3-7-15-13/h2-4,7,12H,5-6,8-10H2,1H3. The van der Waals surface area contributed by atoms with E-state index in [4.69, 9.17) is 4.74 Å². The van der Waals surface area contributed by atoms with Crippen LogP contribution in [-0.4, -0.2) is 34.0 Å². The molecule has 2 aromatic heterocycles. The van der Waals surface area contributed by atoms with Gasteiger partial charge in [-0.2, -0.15) is 4.37 Å². The smallest absolute Gasteiger partial charge is 0.213 e. The second kappa shape index (κ2) is 6.17. The van der Waals surface area contributed by atoms with Crippen molar-refractivity contribution in [3.63, 3.8) is 0 Å². The third-order valence-corrected chi connectivity index (χ3v) is 4.37. The van der Waals surface area contributed by atoms with Crippen LogP contribution in [0.4, 0.5) is 5.13 Å². The van der Waals surface area contributed by atoms with Gasteiger partial charge in [0.1, 0.15) is 5.82 Å². The van der Waals surface area contributed by atoms with E-state index in [1.165, 1.54) is 11.5 Å². The molecule has 0 aromatic carbocycles. The Hall–Kier alpha value is -1.69. The zero-order chi connectivity index (χ0) is 13.8. The number of nitrogens with zero attached hydrogens (tertiary/aromatic N) is 4. The van der Waals surface area contributed by atoms with E-state index in [1.54, 1.807) is 6.20 Å². The molecule has 1 fully saturated rings. The van der Waals surface area contributed by atoms with Crippen molar-refractivity contribution in [1.29, 1.82) is 0 Å². The third-order valence-electron chi connectivity index (χ3n) is 3.51. The first-order valence-electron chi connectivity index (χ1n) is 6.90. The van der Waals surface area contributed by atoms with Gasteiger partial charge in [-0.15, -0.1) is 0 Å². The second-order valence-corrected chi connectivity index (χ2v) is 5.76. The molecule has 1 aliphatic heterocycles. The van der Waals surface area contributed by atoms with E-state index in [0.29, 0.717) is 5.92 Å². The molecule has 0 unspecified atom stereocenters. The fourth-order valence-electron chi connectivity index (χ4n) is 2.34. The van der Waals surface area contributed by atoms with Gasteiger partial charge in [0.2, 0.25) is 11.0 Å². The summed E-state index contributed by atoms with van der Waals surface area (Å²) in [5, 5.41) is 1.05. The molecule has 1 aliphatic rings. The van der Waals surface area contributed by atoms with E-state index in [9.17, 15) is 0 Å². The number of aromatic nitrogens is 3. The van der Waals surface area contributed by atoms with Crippen LogP contribution in [0.5, 0.6) is 5.88 Å². The first-order chi connectivity index (χ1) is 9.81. The number of hydrogen-bond donors (Lipinski definition) is 0. The first kappa shape index (κ1) is 13.3. The maximum absolute atomic E-state index is 5.74. The molecule has 0 amide bonds. The van der Waals surface area contributed by atoms with Crippen molar-refractivity contribution in [3.8, 4) is 5.88 Å². The van der Waals surface area contributed by atoms with Crippen LogP contribution >= 0.6 is 11.5 Å². The Labute approximate surface area is 122 Å². The van der Waals surface area contributed by atoms with E-state index in [1.807, 2.05) is 25.1 Å². The van der Waals surface area contributed by atoms with E-state index in [2.05, 4.69) is 19.2 Å². The zero-order valence-corrected chi connectivity index (χ0v) is 12.3. The lowest BCUT2D eigenvalue weighted by molar-refractivity contribution is 0.216. The number of ether oxygens (including phenoxy) is 1. The lowest BCUT2D eigenvalue weighted by atomic mass is 9.98. The van der Waals surface area contributed by atoms with E-state index >= 15 is 0 Å². The normalized spacial score (nSPS) is 16.4. The average Bonchev–Trinajstić information content (AvgIpc) is 2.93. The molecule has 106 valence electrons. The molecule has 2 aromatic rings. The average molecular weight is 290 g/mol. The van der Waals surface area contributed by atoms with Gasteiger partial charge in [-0.25, -0.2) is 9.97 Å². The van der Waals surface area contributed by atoms with Crippen molar-refractivity contribution in [1.82, 2.24) is 14.3 Å². The Morgan fingerprint density at radius 1 is 1.35 bits per heavy atom. The van der Waals surface area contributed by atoms with Crippen molar-refractivity contribution in [2.75, 3.05) is 24.6 Å². The first-order valence-corrected chi connectivity index (χ1v) is 7.68. The topological polar surface area (TPSA) is 51.1 Å². The summed E-state index contributed by atoms with van der Waals surface area (Å²) in [4.78, 5) is 10.9. The molecule has 0 bridgehead atoms. The number of anilines is 1. The van der Waals surface area contributed by atoms with Crippen LogP contribution in [0.1, 0.15) is 18.7 Å². The van der Waals surface area contributed by atoms with Gasteiger partial charge in [0.05, 0.1) is 6.61 Å². The van der Waals surface area contributed by atoms with Crippen LogP contribution in [0.25, 0.3) is 0 Å². The molecule has 3 heterocycles. The number of piperidine rings is 1. The zero-order valence-electron chi connectivity index (χ0n) is 11.5. The van der Waals surface area contributed by atoms with Crippen LogP contribution in [0.15, 0.2) is 24.4 Å². The number of pyridine rings is 1. The molecule has 6 heteroatoms. The van der Waals surface area contributed by atoms with Crippen LogP contribution in [-0.2, 0) is 0 Å². The van der Waals surface area contributed by atoms with Crippen LogP contribution in [0.3, 0.4) is 0 Å². The second-order valence-electron chi connectivity index (χ2n) is 5.03. The van der Waals surface area contributed by atoms with Crippen molar-refractivity contribution >= 4 is 16.7 Å². The molecule has 3 rings (SSSR count). The monoisotopic (exact) mass is 290 g/mol. The quantitative estimate of drug-likeness (QED) is 0.866. The van der Waals surface area contributed by atoms with E-state index in [-0.39, 0.29) is 0 Å². The number of rotatable bonds is 4. The fourth-order valence-corrected chi connectivity index (χ4v) is 3.07. The molecule has 0 atom stereocenters. The van der Waals surface area contributed by atoms with Crippen molar-refractivity contribution in [3.05, 3.63) is 30.2 Å². The minimum Gasteiger partial charge on any atom is -0.477 e. The summed E-state index contributed by atoms with van der Waals surface area (Å²) < 4.78 is 9.98. The summed E-state index contributed by atoms with van der Waals surface area (Å²) in [5.74, 6) is 2.18. The molecule has 0 aliphatic carbocycles. The minimum atomic E-state index is 0.599. The number of aryl methyl sites for hydroxylation is 1. The Morgan fingerprint density at radius 3 is 2.85 bits per heavy atom. The van der Waals surface area contributed by atoms with Crippen LogP contribution in [0, 0.1) is 12.8 Å². The summed E-state index contributed by atoms with van der Waals surface area (Å²) in [6.45, 7) is 4.75. The maximum atomic E-state index is 5.74. The lowest BCUT2D eigenvalue weighted by Gasteiger charge is -2.31. The van der Waals surface area contributed by atoms with Crippen molar-refractivity contribution in [2.24, 2.45) is 5.92 Å². The van der Waals surface area contributed by atoms with Gasteiger partial charge in [-0.05, 0) is 31.7 Å². The minimum absolute atomic E-state index is 0.599. The summed E-state index contributed by atoms with van der Waals surface area (Å²) in [6.07, 6.45) is 4.02.